The molecule has 0 aromatic heterocycles. The Morgan fingerprint density at radius 2 is 1.87 bits per heavy atom. The first-order valence-corrected chi connectivity index (χ1v) is 9.43. The zero-order valence-electron chi connectivity index (χ0n) is 14.8. The standard InChI is InChI=1S/C20H32O3/c1-12-7-9-16-17-15(12)8-6-13(2)18(17)20(16,11-21)10-4-5-14(3)19(22)23/h5,12-13,15-18,21H,4,6-11H2,1-3H3,(H,22,23)/b14-5+. The molecular formula is C20H32O3. The van der Waals surface area contributed by atoms with Gasteiger partial charge in [0.05, 0.1) is 0 Å². The predicted octanol–water partition coefficient (Wildman–Crippen LogP) is 4.11. The van der Waals surface area contributed by atoms with Crippen molar-refractivity contribution in [3.63, 3.8) is 0 Å². The van der Waals surface area contributed by atoms with Gasteiger partial charge in [-0.15, -0.1) is 0 Å². The summed E-state index contributed by atoms with van der Waals surface area (Å²) in [5.41, 5.74) is 0.485. The average molecular weight is 320 g/mol. The summed E-state index contributed by atoms with van der Waals surface area (Å²) in [6, 6.07) is 0. The molecule has 0 aromatic carbocycles. The van der Waals surface area contributed by atoms with E-state index in [9.17, 15) is 9.90 Å². The van der Waals surface area contributed by atoms with Crippen LogP contribution >= 0.6 is 0 Å². The first-order chi connectivity index (χ1) is 10.9. The van der Waals surface area contributed by atoms with Crippen molar-refractivity contribution in [1.82, 2.24) is 0 Å². The monoisotopic (exact) mass is 320 g/mol. The number of aliphatic hydroxyl groups is 1. The maximum atomic E-state index is 11.0. The van der Waals surface area contributed by atoms with Crippen LogP contribution in [0.1, 0.15) is 59.3 Å². The van der Waals surface area contributed by atoms with Crippen molar-refractivity contribution in [2.45, 2.75) is 59.3 Å². The van der Waals surface area contributed by atoms with Gasteiger partial charge >= 0.3 is 5.97 Å². The Bertz CT molecular complexity index is 497. The number of aliphatic hydroxyl groups excluding tert-OH is 1. The van der Waals surface area contributed by atoms with Gasteiger partial charge in [-0.1, -0.05) is 32.8 Å². The van der Waals surface area contributed by atoms with E-state index in [1.165, 1.54) is 25.7 Å². The Hall–Kier alpha value is -0.830. The highest BCUT2D eigenvalue weighted by Crippen LogP contribution is 2.70. The van der Waals surface area contributed by atoms with Gasteiger partial charge in [0.1, 0.15) is 0 Å². The highest BCUT2D eigenvalue weighted by atomic mass is 16.4. The van der Waals surface area contributed by atoms with Crippen LogP contribution in [0.4, 0.5) is 0 Å². The van der Waals surface area contributed by atoms with E-state index in [4.69, 9.17) is 5.11 Å². The second kappa shape index (κ2) is 6.23. The van der Waals surface area contributed by atoms with Crippen LogP contribution < -0.4 is 0 Å². The van der Waals surface area contributed by atoms with E-state index in [2.05, 4.69) is 13.8 Å². The fourth-order valence-corrected chi connectivity index (χ4v) is 6.58. The number of carbonyl (C=O) groups is 1. The number of rotatable bonds is 5. The zero-order chi connectivity index (χ0) is 16.8. The summed E-state index contributed by atoms with van der Waals surface area (Å²) < 4.78 is 0. The van der Waals surface area contributed by atoms with Crippen LogP contribution in [-0.2, 0) is 4.79 Å². The number of hydrogen-bond donors (Lipinski definition) is 2. The molecule has 3 heteroatoms. The van der Waals surface area contributed by atoms with Gasteiger partial charge < -0.3 is 10.2 Å². The van der Waals surface area contributed by atoms with E-state index in [0.717, 1.165) is 30.6 Å². The molecule has 3 fully saturated rings. The highest BCUT2D eigenvalue weighted by Gasteiger charge is 2.66. The van der Waals surface area contributed by atoms with Crippen molar-refractivity contribution in [2.75, 3.05) is 6.61 Å². The predicted molar refractivity (Wildman–Crippen MR) is 90.9 cm³/mol. The molecule has 0 spiro atoms. The third kappa shape index (κ3) is 2.56. The normalized spacial score (nSPS) is 46.0. The van der Waals surface area contributed by atoms with Gasteiger partial charge in [0.25, 0.3) is 0 Å². The molecule has 3 rings (SSSR count). The van der Waals surface area contributed by atoms with Gasteiger partial charge in [-0.2, -0.15) is 0 Å². The summed E-state index contributed by atoms with van der Waals surface area (Å²) in [5, 5.41) is 19.3. The highest BCUT2D eigenvalue weighted by molar-refractivity contribution is 5.85. The van der Waals surface area contributed by atoms with Crippen LogP contribution in [0.5, 0.6) is 0 Å². The summed E-state index contributed by atoms with van der Waals surface area (Å²) in [6.07, 6.45) is 8.82. The largest absolute Gasteiger partial charge is 0.478 e. The van der Waals surface area contributed by atoms with E-state index >= 15 is 0 Å². The molecule has 0 aliphatic heterocycles. The second-order valence-electron chi connectivity index (χ2n) is 8.60. The molecule has 130 valence electrons. The molecule has 0 radical (unpaired) electrons. The smallest absolute Gasteiger partial charge is 0.330 e. The van der Waals surface area contributed by atoms with Crippen molar-refractivity contribution in [2.24, 2.45) is 40.9 Å². The molecule has 3 saturated carbocycles. The Kier molecular flexibility index (Phi) is 4.61. The average Bonchev–Trinajstić information content (AvgIpc) is 2.51. The molecule has 2 N–H and O–H groups in total. The minimum Gasteiger partial charge on any atom is -0.478 e. The number of carboxylic acids is 1. The molecule has 0 amide bonds. The fraction of sp³-hybridized carbons (Fsp3) is 0.850. The summed E-state index contributed by atoms with van der Waals surface area (Å²) >= 11 is 0. The molecule has 3 aliphatic carbocycles. The van der Waals surface area contributed by atoms with E-state index in [-0.39, 0.29) is 12.0 Å². The van der Waals surface area contributed by atoms with Crippen LogP contribution in [0, 0.1) is 40.9 Å². The molecule has 0 bridgehead atoms. The summed E-state index contributed by atoms with van der Waals surface area (Å²) in [7, 11) is 0. The van der Waals surface area contributed by atoms with Crippen LogP contribution in [0.25, 0.3) is 0 Å². The molecule has 3 aliphatic rings. The minimum atomic E-state index is -0.827. The van der Waals surface area contributed by atoms with Crippen LogP contribution in [0.2, 0.25) is 0 Å². The van der Waals surface area contributed by atoms with Crippen LogP contribution in [0.15, 0.2) is 11.6 Å². The van der Waals surface area contributed by atoms with Crippen molar-refractivity contribution in [1.29, 1.82) is 0 Å². The van der Waals surface area contributed by atoms with Crippen molar-refractivity contribution >= 4 is 5.97 Å². The summed E-state index contributed by atoms with van der Waals surface area (Å²) in [5.74, 6) is 3.72. The van der Waals surface area contributed by atoms with E-state index in [1.807, 2.05) is 6.08 Å². The van der Waals surface area contributed by atoms with E-state index in [1.54, 1.807) is 6.92 Å². The maximum absolute atomic E-state index is 11.0. The van der Waals surface area contributed by atoms with Crippen LogP contribution in [-0.4, -0.2) is 22.8 Å². The third-order valence-corrected chi connectivity index (χ3v) is 7.70. The van der Waals surface area contributed by atoms with E-state index in [0.29, 0.717) is 23.3 Å². The van der Waals surface area contributed by atoms with E-state index < -0.39 is 5.97 Å². The third-order valence-electron chi connectivity index (χ3n) is 7.70. The molecule has 23 heavy (non-hydrogen) atoms. The van der Waals surface area contributed by atoms with Crippen molar-refractivity contribution in [3.05, 3.63) is 11.6 Å². The number of aliphatic carboxylic acids is 1. The molecule has 7 atom stereocenters. The Morgan fingerprint density at radius 1 is 1.17 bits per heavy atom. The number of allylic oxidation sites excluding steroid dienone is 1. The lowest BCUT2D eigenvalue weighted by Gasteiger charge is -2.70. The summed E-state index contributed by atoms with van der Waals surface area (Å²) in [4.78, 5) is 11.0. The van der Waals surface area contributed by atoms with Gasteiger partial charge in [0.15, 0.2) is 0 Å². The Morgan fingerprint density at radius 3 is 2.52 bits per heavy atom. The lowest BCUT2D eigenvalue weighted by atomic mass is 9.34. The molecule has 0 heterocycles. The van der Waals surface area contributed by atoms with Crippen molar-refractivity contribution in [3.8, 4) is 0 Å². The number of hydrogen-bond acceptors (Lipinski definition) is 2. The van der Waals surface area contributed by atoms with Gasteiger partial charge in [0.2, 0.25) is 0 Å². The first kappa shape index (κ1) is 17.0. The van der Waals surface area contributed by atoms with Gasteiger partial charge in [-0.25, -0.2) is 4.79 Å². The topological polar surface area (TPSA) is 57.5 Å². The molecule has 0 saturated heterocycles. The first-order valence-electron chi connectivity index (χ1n) is 9.43. The van der Waals surface area contributed by atoms with Gasteiger partial charge in [-0.05, 0) is 68.1 Å². The molecule has 7 unspecified atom stereocenters. The SMILES string of the molecule is C/C(=C\CCC1(CO)C2CCC(C)C3CCC(C)C1C32)C(=O)O. The summed E-state index contributed by atoms with van der Waals surface area (Å²) in [6.45, 7) is 6.74. The lowest BCUT2D eigenvalue weighted by molar-refractivity contribution is -0.240. The molecular weight excluding hydrogens is 288 g/mol. The van der Waals surface area contributed by atoms with Gasteiger partial charge in [0, 0.05) is 17.6 Å². The van der Waals surface area contributed by atoms with Crippen LogP contribution in [0.3, 0.4) is 0 Å². The van der Waals surface area contributed by atoms with Crippen molar-refractivity contribution < 1.29 is 15.0 Å². The quantitative estimate of drug-likeness (QED) is 0.749. The molecule has 3 nitrogen and oxygen atoms in total. The fourth-order valence-electron chi connectivity index (χ4n) is 6.58. The maximum Gasteiger partial charge on any atom is 0.330 e. The Balaban J connectivity index is 1.78. The minimum absolute atomic E-state index is 0.0537. The Labute approximate surface area is 140 Å². The molecule has 0 aromatic rings. The number of carboxylic acid groups (broad SMARTS) is 1. The zero-order valence-corrected chi connectivity index (χ0v) is 14.8. The second-order valence-corrected chi connectivity index (χ2v) is 8.60. The lowest BCUT2D eigenvalue weighted by Crippen LogP contribution is -2.66. The van der Waals surface area contributed by atoms with Gasteiger partial charge in [-0.3, -0.25) is 0 Å².